The molecule has 0 aromatic carbocycles. The van der Waals surface area contributed by atoms with E-state index in [1.54, 1.807) is 0 Å². The van der Waals surface area contributed by atoms with Gasteiger partial charge in [-0.15, -0.1) is 0 Å². The third-order valence-electron chi connectivity index (χ3n) is 2.72. The van der Waals surface area contributed by atoms with Gasteiger partial charge in [-0.1, -0.05) is 33.8 Å². The molecule has 0 spiro atoms. The van der Waals surface area contributed by atoms with E-state index in [-0.39, 0.29) is 0 Å². The molecule has 13 heavy (non-hydrogen) atoms. The molecule has 0 aliphatic rings. The van der Waals surface area contributed by atoms with Gasteiger partial charge in [0.15, 0.2) is 0 Å². The average molecular weight is 177 g/mol. The Morgan fingerprint density at radius 1 is 1.31 bits per heavy atom. The highest BCUT2D eigenvalue weighted by Gasteiger charge is 2.20. The monoisotopic (exact) mass is 177 g/mol. The summed E-state index contributed by atoms with van der Waals surface area (Å²) in [6.45, 7) is 9.12. The third-order valence-corrected chi connectivity index (χ3v) is 2.72. The summed E-state index contributed by atoms with van der Waals surface area (Å²) in [6.07, 6.45) is 2.94. The van der Waals surface area contributed by atoms with Gasteiger partial charge in [0.05, 0.1) is 0 Å². The summed E-state index contributed by atoms with van der Waals surface area (Å²) in [4.78, 5) is 4.33. The quantitative estimate of drug-likeness (QED) is 0.675. The van der Waals surface area contributed by atoms with Crippen LogP contribution in [0.5, 0.6) is 0 Å². The minimum absolute atomic E-state index is 0.373. The number of rotatable bonds is 2. The van der Waals surface area contributed by atoms with Crippen LogP contribution in [-0.2, 0) is 6.42 Å². The molecule has 0 fully saturated rings. The van der Waals surface area contributed by atoms with Gasteiger partial charge in [-0.05, 0) is 29.9 Å². The molecular weight excluding hydrogens is 158 g/mol. The zero-order valence-electron chi connectivity index (χ0n) is 9.04. The van der Waals surface area contributed by atoms with E-state index in [0.29, 0.717) is 11.3 Å². The van der Waals surface area contributed by atoms with Gasteiger partial charge in [0.2, 0.25) is 0 Å². The first-order valence-corrected chi connectivity index (χ1v) is 4.90. The van der Waals surface area contributed by atoms with E-state index in [2.05, 4.69) is 44.8 Å². The Morgan fingerprint density at radius 2 is 2.00 bits per heavy atom. The maximum absolute atomic E-state index is 4.33. The summed E-state index contributed by atoms with van der Waals surface area (Å²) < 4.78 is 0. The van der Waals surface area contributed by atoms with Crippen LogP contribution >= 0.6 is 0 Å². The fraction of sp³-hybridized carbons (Fsp3) is 0.583. The standard InChI is InChI=1S/C12H19N/c1-10(12(2,3)4)9-11-7-5-6-8-13-11/h5-8,10H,9H2,1-4H3. The predicted molar refractivity (Wildman–Crippen MR) is 56.6 cm³/mol. The summed E-state index contributed by atoms with van der Waals surface area (Å²) in [5.74, 6) is 0.669. The van der Waals surface area contributed by atoms with Crippen molar-refractivity contribution in [1.82, 2.24) is 4.98 Å². The Bertz CT molecular complexity index is 246. The molecule has 1 rings (SSSR count). The lowest BCUT2D eigenvalue weighted by atomic mass is 9.79. The summed E-state index contributed by atoms with van der Waals surface area (Å²) >= 11 is 0. The minimum Gasteiger partial charge on any atom is -0.261 e. The van der Waals surface area contributed by atoms with Crippen LogP contribution in [0.4, 0.5) is 0 Å². The van der Waals surface area contributed by atoms with Crippen LogP contribution in [0.3, 0.4) is 0 Å². The third kappa shape index (κ3) is 3.17. The van der Waals surface area contributed by atoms with Crippen molar-refractivity contribution in [2.75, 3.05) is 0 Å². The van der Waals surface area contributed by atoms with Crippen LogP contribution in [-0.4, -0.2) is 4.98 Å². The molecule has 0 saturated carbocycles. The van der Waals surface area contributed by atoms with Crippen molar-refractivity contribution in [3.63, 3.8) is 0 Å². The Hall–Kier alpha value is -0.850. The second kappa shape index (κ2) is 3.91. The van der Waals surface area contributed by atoms with Gasteiger partial charge >= 0.3 is 0 Å². The molecule has 1 aromatic heterocycles. The molecule has 0 aliphatic carbocycles. The summed E-state index contributed by atoms with van der Waals surface area (Å²) in [5, 5.41) is 0. The van der Waals surface area contributed by atoms with Crippen LogP contribution in [0.1, 0.15) is 33.4 Å². The van der Waals surface area contributed by atoms with Crippen molar-refractivity contribution < 1.29 is 0 Å². The second-order valence-corrected chi connectivity index (χ2v) is 4.79. The molecule has 1 heterocycles. The van der Waals surface area contributed by atoms with Crippen LogP contribution in [0, 0.1) is 11.3 Å². The van der Waals surface area contributed by atoms with E-state index in [0.717, 1.165) is 6.42 Å². The van der Waals surface area contributed by atoms with E-state index < -0.39 is 0 Å². The first-order valence-electron chi connectivity index (χ1n) is 4.90. The second-order valence-electron chi connectivity index (χ2n) is 4.79. The molecule has 0 aliphatic heterocycles. The van der Waals surface area contributed by atoms with Crippen molar-refractivity contribution in [1.29, 1.82) is 0 Å². The molecule has 0 radical (unpaired) electrons. The SMILES string of the molecule is CC(Cc1ccccn1)C(C)(C)C. The molecule has 1 nitrogen and oxygen atoms in total. The van der Waals surface area contributed by atoms with Gasteiger partial charge in [0, 0.05) is 11.9 Å². The van der Waals surface area contributed by atoms with E-state index in [1.807, 2.05) is 12.3 Å². The number of nitrogens with zero attached hydrogens (tertiary/aromatic N) is 1. The van der Waals surface area contributed by atoms with Crippen molar-refractivity contribution >= 4 is 0 Å². The molecule has 1 unspecified atom stereocenters. The van der Waals surface area contributed by atoms with Crippen LogP contribution in [0.25, 0.3) is 0 Å². The van der Waals surface area contributed by atoms with Crippen LogP contribution in [0.15, 0.2) is 24.4 Å². The van der Waals surface area contributed by atoms with Gasteiger partial charge in [-0.3, -0.25) is 4.98 Å². The van der Waals surface area contributed by atoms with Gasteiger partial charge in [0.1, 0.15) is 0 Å². The highest BCUT2D eigenvalue weighted by atomic mass is 14.7. The average Bonchev–Trinajstić information content (AvgIpc) is 2.04. The highest BCUT2D eigenvalue weighted by molar-refractivity contribution is 5.04. The molecule has 0 saturated heterocycles. The zero-order valence-corrected chi connectivity index (χ0v) is 9.04. The Morgan fingerprint density at radius 3 is 2.46 bits per heavy atom. The fourth-order valence-corrected chi connectivity index (χ4v) is 1.14. The maximum atomic E-state index is 4.33. The normalized spacial score (nSPS) is 14.2. The van der Waals surface area contributed by atoms with Gasteiger partial charge in [0.25, 0.3) is 0 Å². The molecule has 0 bridgehead atoms. The lowest BCUT2D eigenvalue weighted by Crippen LogP contribution is -2.19. The molecule has 1 atom stereocenters. The summed E-state index contributed by atoms with van der Waals surface area (Å²) in [6, 6.07) is 6.12. The highest BCUT2D eigenvalue weighted by Crippen LogP contribution is 2.27. The van der Waals surface area contributed by atoms with Crippen LogP contribution < -0.4 is 0 Å². The first-order chi connectivity index (χ1) is 6.00. The zero-order chi connectivity index (χ0) is 9.90. The lowest BCUT2D eigenvalue weighted by molar-refractivity contribution is 0.258. The molecule has 72 valence electrons. The predicted octanol–water partition coefficient (Wildman–Crippen LogP) is 3.31. The van der Waals surface area contributed by atoms with E-state index >= 15 is 0 Å². The van der Waals surface area contributed by atoms with E-state index in [9.17, 15) is 0 Å². The number of aromatic nitrogens is 1. The van der Waals surface area contributed by atoms with Gasteiger partial charge in [-0.25, -0.2) is 0 Å². The van der Waals surface area contributed by atoms with Crippen molar-refractivity contribution in [3.05, 3.63) is 30.1 Å². The maximum Gasteiger partial charge on any atom is 0.0406 e. The number of pyridine rings is 1. The first kappa shape index (κ1) is 10.2. The van der Waals surface area contributed by atoms with Crippen molar-refractivity contribution in [3.8, 4) is 0 Å². The number of hydrogen-bond acceptors (Lipinski definition) is 1. The Labute approximate surface area is 81.2 Å². The number of hydrogen-bond donors (Lipinski definition) is 0. The largest absolute Gasteiger partial charge is 0.261 e. The lowest BCUT2D eigenvalue weighted by Gasteiger charge is -2.26. The van der Waals surface area contributed by atoms with Crippen molar-refractivity contribution in [2.24, 2.45) is 11.3 Å². The van der Waals surface area contributed by atoms with Crippen LogP contribution in [0.2, 0.25) is 0 Å². The Kier molecular flexibility index (Phi) is 3.07. The Balaban J connectivity index is 2.61. The molecular formula is C12H19N. The molecule has 1 aromatic rings. The fourth-order valence-electron chi connectivity index (χ4n) is 1.14. The minimum atomic E-state index is 0.373. The molecule has 0 N–H and O–H groups in total. The van der Waals surface area contributed by atoms with E-state index in [4.69, 9.17) is 0 Å². The molecule has 0 amide bonds. The van der Waals surface area contributed by atoms with Gasteiger partial charge in [-0.2, -0.15) is 0 Å². The summed E-state index contributed by atoms with van der Waals surface area (Å²) in [7, 11) is 0. The topological polar surface area (TPSA) is 12.9 Å². The molecule has 1 heteroatoms. The van der Waals surface area contributed by atoms with Crippen molar-refractivity contribution in [2.45, 2.75) is 34.1 Å². The smallest absolute Gasteiger partial charge is 0.0406 e. The van der Waals surface area contributed by atoms with E-state index in [1.165, 1.54) is 5.69 Å². The van der Waals surface area contributed by atoms with Gasteiger partial charge < -0.3 is 0 Å². The summed E-state index contributed by atoms with van der Waals surface area (Å²) in [5.41, 5.74) is 1.57.